The maximum Gasteiger partial charge on any atom is 0.324 e. The summed E-state index contributed by atoms with van der Waals surface area (Å²) in [4.78, 5) is 23.9. The van der Waals surface area contributed by atoms with Crippen LogP contribution in [0.25, 0.3) is 0 Å². The molecular weight excluding hydrogens is 184 g/mol. The van der Waals surface area contributed by atoms with E-state index >= 15 is 0 Å². The number of carbonyl (C=O) groups excluding carboxylic acids is 2. The molecule has 2 heterocycles. The van der Waals surface area contributed by atoms with Crippen molar-refractivity contribution in [2.75, 3.05) is 19.8 Å². The topological polar surface area (TPSA) is 58.6 Å². The Hall–Kier alpha value is -1.10. The zero-order chi connectivity index (χ0) is 10.1. The number of nitrogens with zero attached hydrogens (tertiary/aromatic N) is 1. The Morgan fingerprint density at radius 1 is 1.57 bits per heavy atom. The predicted molar refractivity (Wildman–Crippen MR) is 48.6 cm³/mol. The first-order valence-electron chi connectivity index (χ1n) is 4.86. The molecule has 2 atom stereocenters. The van der Waals surface area contributed by atoms with Crippen LogP contribution in [-0.4, -0.2) is 42.6 Å². The second-order valence-electron chi connectivity index (χ2n) is 3.85. The van der Waals surface area contributed by atoms with Crippen LogP contribution in [0.5, 0.6) is 0 Å². The summed E-state index contributed by atoms with van der Waals surface area (Å²) >= 11 is 0. The molecule has 78 valence electrons. The van der Waals surface area contributed by atoms with Crippen molar-refractivity contribution in [3.63, 3.8) is 0 Å². The van der Waals surface area contributed by atoms with Gasteiger partial charge in [0.05, 0.1) is 6.61 Å². The van der Waals surface area contributed by atoms with Gasteiger partial charge in [-0.15, -0.1) is 0 Å². The van der Waals surface area contributed by atoms with Crippen LogP contribution in [0.3, 0.4) is 0 Å². The molecule has 0 aromatic heterocycles. The molecule has 2 fully saturated rings. The lowest BCUT2D eigenvalue weighted by molar-refractivity contribution is -0.118. The maximum absolute atomic E-state index is 11.3. The molecule has 0 aromatic rings. The largest absolute Gasteiger partial charge is 0.381 e. The highest BCUT2D eigenvalue weighted by atomic mass is 16.5. The molecule has 2 unspecified atom stereocenters. The first-order chi connectivity index (χ1) is 6.68. The van der Waals surface area contributed by atoms with Gasteiger partial charge in [0, 0.05) is 18.6 Å². The average molecular weight is 198 g/mol. The van der Waals surface area contributed by atoms with Gasteiger partial charge in [0.2, 0.25) is 5.91 Å². The van der Waals surface area contributed by atoms with Crippen molar-refractivity contribution in [3.05, 3.63) is 0 Å². The van der Waals surface area contributed by atoms with E-state index in [1.807, 2.05) is 6.92 Å². The third-order valence-corrected chi connectivity index (χ3v) is 2.96. The minimum atomic E-state index is -0.269. The summed E-state index contributed by atoms with van der Waals surface area (Å²) in [6.45, 7) is 3.62. The molecule has 0 spiro atoms. The van der Waals surface area contributed by atoms with Gasteiger partial charge in [-0.05, 0) is 13.3 Å². The van der Waals surface area contributed by atoms with Crippen LogP contribution in [0.1, 0.15) is 13.3 Å². The van der Waals surface area contributed by atoms with E-state index in [1.54, 1.807) is 4.90 Å². The monoisotopic (exact) mass is 198 g/mol. The Morgan fingerprint density at radius 2 is 2.36 bits per heavy atom. The molecule has 0 bridgehead atoms. The fraction of sp³-hybridized carbons (Fsp3) is 0.778. The second kappa shape index (κ2) is 3.57. The minimum absolute atomic E-state index is 0.0870. The summed E-state index contributed by atoms with van der Waals surface area (Å²) in [5, 5.41) is 2.28. The van der Waals surface area contributed by atoms with E-state index in [9.17, 15) is 9.59 Å². The van der Waals surface area contributed by atoms with Gasteiger partial charge in [0.1, 0.15) is 6.54 Å². The summed E-state index contributed by atoms with van der Waals surface area (Å²) in [6.07, 6.45) is 0.971. The number of imide groups is 1. The number of rotatable bonds is 2. The molecular formula is C9H14N2O3. The van der Waals surface area contributed by atoms with Crippen molar-refractivity contribution in [1.82, 2.24) is 10.2 Å². The molecule has 3 amide bonds. The Balaban J connectivity index is 1.99. The van der Waals surface area contributed by atoms with Crippen molar-refractivity contribution >= 4 is 11.9 Å². The lowest BCUT2D eigenvalue weighted by Gasteiger charge is -2.26. The molecule has 1 N–H and O–H groups in total. The zero-order valence-electron chi connectivity index (χ0n) is 8.16. The summed E-state index contributed by atoms with van der Waals surface area (Å²) in [7, 11) is 0. The van der Waals surface area contributed by atoms with E-state index in [0.29, 0.717) is 12.5 Å². The Labute approximate surface area is 82.4 Å². The molecule has 2 aliphatic heterocycles. The minimum Gasteiger partial charge on any atom is -0.381 e. The third kappa shape index (κ3) is 1.59. The van der Waals surface area contributed by atoms with Gasteiger partial charge in [0.25, 0.3) is 0 Å². The molecule has 0 aliphatic carbocycles. The van der Waals surface area contributed by atoms with E-state index in [2.05, 4.69) is 5.32 Å². The quantitative estimate of drug-likeness (QED) is 0.633. The van der Waals surface area contributed by atoms with Crippen LogP contribution in [0.2, 0.25) is 0 Å². The molecule has 0 aromatic carbocycles. The van der Waals surface area contributed by atoms with Crippen LogP contribution in [-0.2, 0) is 9.53 Å². The van der Waals surface area contributed by atoms with Crippen LogP contribution in [0, 0.1) is 5.92 Å². The van der Waals surface area contributed by atoms with Gasteiger partial charge in [-0.3, -0.25) is 10.1 Å². The normalized spacial score (nSPS) is 29.5. The number of hydrogen-bond acceptors (Lipinski definition) is 3. The molecule has 2 rings (SSSR count). The van der Waals surface area contributed by atoms with Crippen molar-refractivity contribution in [1.29, 1.82) is 0 Å². The number of hydrogen-bond donors (Lipinski definition) is 1. The average Bonchev–Trinajstić information content (AvgIpc) is 2.73. The van der Waals surface area contributed by atoms with Crippen molar-refractivity contribution in [2.45, 2.75) is 19.4 Å². The highest BCUT2D eigenvalue weighted by molar-refractivity contribution is 6.02. The van der Waals surface area contributed by atoms with Gasteiger partial charge >= 0.3 is 6.03 Å². The summed E-state index contributed by atoms with van der Waals surface area (Å²) in [6, 6.07) is -0.182. The van der Waals surface area contributed by atoms with Gasteiger partial charge < -0.3 is 9.64 Å². The van der Waals surface area contributed by atoms with Crippen LogP contribution in [0.4, 0.5) is 4.79 Å². The third-order valence-electron chi connectivity index (χ3n) is 2.96. The summed E-state index contributed by atoms with van der Waals surface area (Å²) in [5.74, 6) is 0.160. The standard InChI is InChI=1S/C9H14N2O3/c1-6(7-2-3-14-5-7)11-4-8(12)10-9(11)13/h6-7H,2-5H2,1H3,(H,10,12,13). The summed E-state index contributed by atoms with van der Waals surface area (Å²) in [5.41, 5.74) is 0. The maximum atomic E-state index is 11.3. The first kappa shape index (κ1) is 9.45. The van der Waals surface area contributed by atoms with Crippen LogP contribution < -0.4 is 5.32 Å². The molecule has 14 heavy (non-hydrogen) atoms. The van der Waals surface area contributed by atoms with E-state index in [-0.39, 0.29) is 24.5 Å². The number of ether oxygens (including phenoxy) is 1. The number of nitrogens with one attached hydrogen (secondary N) is 1. The number of carbonyl (C=O) groups is 2. The predicted octanol–water partition coefficient (Wildman–Crippen LogP) is -0.0368. The molecule has 2 saturated heterocycles. The molecule has 0 radical (unpaired) electrons. The lowest BCUT2D eigenvalue weighted by atomic mass is 10.00. The Kier molecular flexibility index (Phi) is 2.41. The number of amides is 3. The van der Waals surface area contributed by atoms with E-state index in [1.165, 1.54) is 0 Å². The molecule has 5 heteroatoms. The van der Waals surface area contributed by atoms with E-state index in [0.717, 1.165) is 13.0 Å². The van der Waals surface area contributed by atoms with Crippen LogP contribution in [0.15, 0.2) is 0 Å². The Bertz CT molecular complexity index is 261. The number of urea groups is 1. The van der Waals surface area contributed by atoms with Crippen molar-refractivity contribution < 1.29 is 14.3 Å². The van der Waals surface area contributed by atoms with Gasteiger partial charge in [0.15, 0.2) is 0 Å². The van der Waals surface area contributed by atoms with Gasteiger partial charge in [-0.25, -0.2) is 4.79 Å². The van der Waals surface area contributed by atoms with Crippen molar-refractivity contribution in [3.8, 4) is 0 Å². The van der Waals surface area contributed by atoms with Crippen molar-refractivity contribution in [2.24, 2.45) is 5.92 Å². The zero-order valence-corrected chi connectivity index (χ0v) is 8.16. The Morgan fingerprint density at radius 3 is 2.86 bits per heavy atom. The molecule has 5 nitrogen and oxygen atoms in total. The van der Waals surface area contributed by atoms with Gasteiger partial charge in [-0.2, -0.15) is 0 Å². The highest BCUT2D eigenvalue weighted by Crippen LogP contribution is 2.21. The molecule has 0 saturated carbocycles. The van der Waals surface area contributed by atoms with E-state index < -0.39 is 0 Å². The summed E-state index contributed by atoms with van der Waals surface area (Å²) < 4.78 is 5.26. The molecule has 2 aliphatic rings. The van der Waals surface area contributed by atoms with Gasteiger partial charge in [-0.1, -0.05) is 0 Å². The second-order valence-corrected chi connectivity index (χ2v) is 3.85. The fourth-order valence-corrected chi connectivity index (χ4v) is 1.97. The SMILES string of the molecule is CC(C1CCOC1)N1CC(=O)NC1=O. The van der Waals surface area contributed by atoms with Crippen LogP contribution >= 0.6 is 0 Å². The van der Waals surface area contributed by atoms with E-state index in [4.69, 9.17) is 4.74 Å². The lowest BCUT2D eigenvalue weighted by Crippen LogP contribution is -2.40. The smallest absolute Gasteiger partial charge is 0.324 e. The first-order valence-corrected chi connectivity index (χ1v) is 4.86. The highest BCUT2D eigenvalue weighted by Gasteiger charge is 2.35. The fourth-order valence-electron chi connectivity index (χ4n) is 1.97.